The highest BCUT2D eigenvalue weighted by molar-refractivity contribution is 9.10. The molecule has 23 heavy (non-hydrogen) atoms. The molecule has 3 rings (SSSR count). The van der Waals surface area contributed by atoms with E-state index in [0.29, 0.717) is 18.7 Å². The minimum absolute atomic E-state index is 0.0816. The van der Waals surface area contributed by atoms with E-state index in [-0.39, 0.29) is 11.9 Å². The van der Waals surface area contributed by atoms with Crippen LogP contribution in [0.2, 0.25) is 0 Å². The molecule has 6 nitrogen and oxygen atoms in total. The molecule has 2 heterocycles. The van der Waals surface area contributed by atoms with E-state index in [4.69, 9.17) is 0 Å². The number of amides is 3. The van der Waals surface area contributed by atoms with Crippen LogP contribution in [0.5, 0.6) is 0 Å². The van der Waals surface area contributed by atoms with Crippen LogP contribution in [0, 0.1) is 0 Å². The molecule has 2 bridgehead atoms. The number of nitrogens with one attached hydrogen (secondary N) is 2. The maximum atomic E-state index is 12.5. The van der Waals surface area contributed by atoms with E-state index in [1.807, 2.05) is 19.1 Å². The van der Waals surface area contributed by atoms with Crippen LogP contribution >= 0.6 is 15.9 Å². The molecular weight excluding hydrogens is 362 g/mol. The van der Waals surface area contributed by atoms with E-state index < -0.39 is 17.9 Å². The molecule has 3 amide bonds. The molecule has 2 fully saturated rings. The number of nitrogens with zero attached hydrogens (tertiary/aromatic N) is 1. The topological polar surface area (TPSA) is 78.5 Å². The van der Waals surface area contributed by atoms with Gasteiger partial charge in [-0.05, 0) is 52.9 Å². The van der Waals surface area contributed by atoms with Crippen molar-refractivity contribution < 1.29 is 14.4 Å². The summed E-state index contributed by atoms with van der Waals surface area (Å²) in [5.41, 5.74) is 1.68. The molecular formula is C16H18BrN3O3. The van der Waals surface area contributed by atoms with Gasteiger partial charge in [0.25, 0.3) is 0 Å². The molecule has 2 unspecified atom stereocenters. The van der Waals surface area contributed by atoms with Crippen LogP contribution in [-0.2, 0) is 20.8 Å². The molecule has 1 aromatic carbocycles. The summed E-state index contributed by atoms with van der Waals surface area (Å²) in [4.78, 5) is 38.0. The average molecular weight is 380 g/mol. The van der Waals surface area contributed by atoms with Gasteiger partial charge in [0.1, 0.15) is 6.04 Å². The number of hydrogen-bond donors (Lipinski definition) is 2. The predicted octanol–water partition coefficient (Wildman–Crippen LogP) is 1.44. The lowest BCUT2D eigenvalue weighted by Gasteiger charge is -2.33. The van der Waals surface area contributed by atoms with Gasteiger partial charge in [0.05, 0.1) is 11.7 Å². The summed E-state index contributed by atoms with van der Waals surface area (Å²) in [6.45, 7) is 2.46. The van der Waals surface area contributed by atoms with Gasteiger partial charge in [0.2, 0.25) is 5.91 Å². The van der Waals surface area contributed by atoms with Gasteiger partial charge in [-0.25, -0.2) is 0 Å². The van der Waals surface area contributed by atoms with E-state index in [2.05, 4.69) is 26.6 Å². The number of halogens is 1. The number of carbonyl (C=O) groups excluding carboxylic acids is 3. The van der Waals surface area contributed by atoms with E-state index in [1.165, 1.54) is 4.90 Å². The molecule has 0 radical (unpaired) electrons. The first-order valence-corrected chi connectivity index (χ1v) is 8.50. The molecule has 0 aromatic heterocycles. The van der Waals surface area contributed by atoms with Crippen molar-refractivity contribution in [1.82, 2.24) is 10.2 Å². The Balaban J connectivity index is 1.73. The quantitative estimate of drug-likeness (QED) is 0.763. The molecule has 0 aliphatic carbocycles. The van der Waals surface area contributed by atoms with Crippen LogP contribution in [0.3, 0.4) is 0 Å². The third kappa shape index (κ3) is 2.97. The Kier molecular flexibility index (Phi) is 4.39. The highest BCUT2D eigenvalue weighted by Crippen LogP contribution is 2.28. The largest absolute Gasteiger partial charge is 0.352 e. The third-order valence-corrected chi connectivity index (χ3v) is 5.09. The zero-order valence-electron chi connectivity index (χ0n) is 12.8. The normalized spacial score (nSPS) is 22.7. The van der Waals surface area contributed by atoms with E-state index in [9.17, 15) is 14.4 Å². The first kappa shape index (κ1) is 16.0. The van der Waals surface area contributed by atoms with Gasteiger partial charge in [-0.3, -0.25) is 14.4 Å². The summed E-state index contributed by atoms with van der Waals surface area (Å²) in [5.74, 6) is -1.52. The van der Waals surface area contributed by atoms with Crippen molar-refractivity contribution in [2.24, 2.45) is 0 Å². The first-order valence-electron chi connectivity index (χ1n) is 7.71. The zero-order chi connectivity index (χ0) is 16.6. The van der Waals surface area contributed by atoms with Crippen LogP contribution in [0.1, 0.15) is 25.3 Å². The Labute approximate surface area is 142 Å². The zero-order valence-corrected chi connectivity index (χ0v) is 14.4. The summed E-state index contributed by atoms with van der Waals surface area (Å²) in [5, 5.41) is 5.40. The minimum atomic E-state index is -0.707. The Hall–Kier alpha value is -1.89. The standard InChI is InChI=1S/C16H18BrN3O3/c1-2-9-3-5-12(11(17)7-9)19-15(22)16(23)20-10-4-6-13(20)14(21)18-8-10/h3,5,7,10,13H,2,4,6,8H2,1H3,(H,18,21)(H,19,22). The molecule has 2 saturated heterocycles. The van der Waals surface area contributed by atoms with Gasteiger partial charge in [-0.15, -0.1) is 0 Å². The molecule has 2 aliphatic heterocycles. The monoisotopic (exact) mass is 379 g/mol. The molecule has 2 aliphatic rings. The van der Waals surface area contributed by atoms with Crippen LogP contribution in [0.15, 0.2) is 22.7 Å². The number of hydrogen-bond acceptors (Lipinski definition) is 3. The number of aryl methyl sites for hydroxylation is 1. The lowest BCUT2D eigenvalue weighted by atomic mass is 10.1. The van der Waals surface area contributed by atoms with Crippen molar-refractivity contribution in [3.63, 3.8) is 0 Å². The number of anilines is 1. The van der Waals surface area contributed by atoms with Gasteiger partial charge in [-0.1, -0.05) is 13.0 Å². The van der Waals surface area contributed by atoms with E-state index in [0.717, 1.165) is 22.9 Å². The SMILES string of the molecule is CCc1ccc(NC(=O)C(=O)N2C3CCC2C(=O)NC3)c(Br)c1. The van der Waals surface area contributed by atoms with E-state index >= 15 is 0 Å². The second kappa shape index (κ2) is 6.31. The highest BCUT2D eigenvalue weighted by atomic mass is 79.9. The highest BCUT2D eigenvalue weighted by Gasteiger charge is 2.46. The van der Waals surface area contributed by atoms with Crippen molar-refractivity contribution >= 4 is 39.3 Å². The lowest BCUT2D eigenvalue weighted by Crippen LogP contribution is -2.59. The first-order chi connectivity index (χ1) is 11.0. The molecule has 0 spiro atoms. The predicted molar refractivity (Wildman–Crippen MR) is 88.8 cm³/mol. The molecule has 2 N–H and O–H groups in total. The summed E-state index contributed by atoms with van der Waals surface area (Å²) in [6, 6.07) is 4.99. The van der Waals surface area contributed by atoms with Crippen molar-refractivity contribution in [3.05, 3.63) is 28.2 Å². The van der Waals surface area contributed by atoms with Crippen molar-refractivity contribution in [2.75, 3.05) is 11.9 Å². The maximum Gasteiger partial charge on any atom is 0.313 e. The minimum Gasteiger partial charge on any atom is -0.352 e. The second-order valence-corrected chi connectivity index (χ2v) is 6.68. The number of rotatable bonds is 2. The van der Waals surface area contributed by atoms with Gasteiger partial charge < -0.3 is 15.5 Å². The Morgan fingerprint density at radius 3 is 2.87 bits per heavy atom. The lowest BCUT2D eigenvalue weighted by molar-refractivity contribution is -0.149. The van der Waals surface area contributed by atoms with Gasteiger partial charge in [0, 0.05) is 11.0 Å². The summed E-state index contributed by atoms with van der Waals surface area (Å²) in [7, 11) is 0. The van der Waals surface area contributed by atoms with Gasteiger partial charge in [-0.2, -0.15) is 0 Å². The fraction of sp³-hybridized carbons (Fsp3) is 0.438. The Bertz CT molecular complexity index is 677. The number of fused-ring (bicyclic) bond motifs is 2. The number of piperazine rings is 1. The molecule has 7 heteroatoms. The van der Waals surface area contributed by atoms with Crippen molar-refractivity contribution in [2.45, 2.75) is 38.3 Å². The second-order valence-electron chi connectivity index (χ2n) is 5.83. The average Bonchev–Trinajstić information content (AvgIpc) is 2.88. The summed E-state index contributed by atoms with van der Waals surface area (Å²) >= 11 is 3.40. The smallest absolute Gasteiger partial charge is 0.313 e. The third-order valence-electron chi connectivity index (χ3n) is 4.44. The molecule has 2 atom stereocenters. The van der Waals surface area contributed by atoms with Crippen molar-refractivity contribution in [3.8, 4) is 0 Å². The maximum absolute atomic E-state index is 12.5. The van der Waals surface area contributed by atoms with Crippen molar-refractivity contribution in [1.29, 1.82) is 0 Å². The van der Waals surface area contributed by atoms with Crippen LogP contribution in [0.25, 0.3) is 0 Å². The van der Waals surface area contributed by atoms with E-state index in [1.54, 1.807) is 6.07 Å². The summed E-state index contributed by atoms with van der Waals surface area (Å²) < 4.78 is 0.734. The number of benzene rings is 1. The Morgan fingerprint density at radius 2 is 2.17 bits per heavy atom. The number of carbonyl (C=O) groups is 3. The van der Waals surface area contributed by atoms with Gasteiger partial charge in [0.15, 0.2) is 0 Å². The fourth-order valence-corrected chi connectivity index (χ4v) is 3.68. The Morgan fingerprint density at radius 1 is 1.39 bits per heavy atom. The fourth-order valence-electron chi connectivity index (χ4n) is 3.16. The van der Waals surface area contributed by atoms with Gasteiger partial charge >= 0.3 is 11.8 Å². The summed E-state index contributed by atoms with van der Waals surface area (Å²) in [6.07, 6.45) is 2.25. The molecule has 122 valence electrons. The van der Waals surface area contributed by atoms with Crippen LogP contribution in [0.4, 0.5) is 5.69 Å². The molecule has 1 aromatic rings. The van der Waals surface area contributed by atoms with Crippen LogP contribution < -0.4 is 10.6 Å². The van der Waals surface area contributed by atoms with Crippen LogP contribution in [-0.4, -0.2) is 41.2 Å². The molecule has 0 saturated carbocycles.